The predicted molar refractivity (Wildman–Crippen MR) is 86.7 cm³/mol. The van der Waals surface area contributed by atoms with Crippen LogP contribution in [0.5, 0.6) is 0 Å². The molecule has 1 aromatic carbocycles. The first-order valence-corrected chi connectivity index (χ1v) is 7.83. The monoisotopic (exact) mass is 315 g/mol. The van der Waals surface area contributed by atoms with E-state index in [1.54, 1.807) is 0 Å². The summed E-state index contributed by atoms with van der Waals surface area (Å²) in [4.78, 5) is 16.7. The number of nitrogens with one attached hydrogen (secondary N) is 1. The Morgan fingerprint density at radius 2 is 2.17 bits per heavy atom. The zero-order valence-electron chi connectivity index (χ0n) is 13.2. The molecule has 2 aromatic rings. The fourth-order valence-corrected chi connectivity index (χ4v) is 2.67. The average Bonchev–Trinajstić information content (AvgIpc) is 2.97. The highest BCUT2D eigenvalue weighted by Gasteiger charge is 2.21. The summed E-state index contributed by atoms with van der Waals surface area (Å²) in [7, 11) is 0. The molecule has 0 aliphatic carbocycles. The molecule has 1 aliphatic heterocycles. The largest absolute Gasteiger partial charge is 0.441 e. The smallest absolute Gasteiger partial charge is 0.227 e. The van der Waals surface area contributed by atoms with Crippen molar-refractivity contribution in [2.75, 3.05) is 18.5 Å². The summed E-state index contributed by atoms with van der Waals surface area (Å²) < 4.78 is 10.9. The molecule has 0 unspecified atom stereocenters. The van der Waals surface area contributed by atoms with Gasteiger partial charge in [-0.1, -0.05) is 6.07 Å². The van der Waals surface area contributed by atoms with Crippen LogP contribution in [0.2, 0.25) is 0 Å². The van der Waals surface area contributed by atoms with Gasteiger partial charge in [0.25, 0.3) is 0 Å². The number of rotatable bonds is 4. The maximum absolute atomic E-state index is 12.3. The van der Waals surface area contributed by atoms with Crippen molar-refractivity contribution >= 4 is 11.6 Å². The topological polar surface area (TPSA) is 90.4 Å². The molecule has 23 heavy (non-hydrogen) atoms. The van der Waals surface area contributed by atoms with Crippen LogP contribution in [0.4, 0.5) is 5.69 Å². The van der Waals surface area contributed by atoms with Gasteiger partial charge in [0.15, 0.2) is 0 Å². The lowest BCUT2D eigenvalue weighted by Crippen LogP contribution is -2.28. The van der Waals surface area contributed by atoms with Crippen LogP contribution in [-0.2, 0) is 16.1 Å². The van der Waals surface area contributed by atoms with E-state index in [4.69, 9.17) is 14.9 Å². The highest BCUT2D eigenvalue weighted by molar-refractivity contribution is 5.93. The zero-order valence-corrected chi connectivity index (χ0v) is 13.2. The van der Waals surface area contributed by atoms with E-state index in [9.17, 15) is 4.79 Å². The van der Waals surface area contributed by atoms with Crippen molar-refractivity contribution in [3.05, 3.63) is 35.7 Å². The number of aromatic nitrogens is 1. The van der Waals surface area contributed by atoms with E-state index >= 15 is 0 Å². The third kappa shape index (κ3) is 3.60. The second kappa shape index (κ2) is 6.93. The van der Waals surface area contributed by atoms with Gasteiger partial charge in [-0.3, -0.25) is 4.79 Å². The van der Waals surface area contributed by atoms with Crippen LogP contribution in [0.25, 0.3) is 11.5 Å². The number of carbonyl (C=O) groups excluding carboxylic acids is 1. The van der Waals surface area contributed by atoms with Crippen molar-refractivity contribution in [3.8, 4) is 11.5 Å². The Kier molecular flexibility index (Phi) is 4.73. The van der Waals surface area contributed by atoms with Crippen molar-refractivity contribution in [2.24, 2.45) is 11.7 Å². The summed E-state index contributed by atoms with van der Waals surface area (Å²) in [6, 6.07) is 7.50. The molecule has 2 heterocycles. The molecule has 1 amide bonds. The molecule has 0 spiro atoms. The minimum atomic E-state index is 0.0141. The maximum Gasteiger partial charge on any atom is 0.227 e. The zero-order chi connectivity index (χ0) is 16.2. The van der Waals surface area contributed by atoms with Crippen LogP contribution in [0.1, 0.15) is 24.3 Å². The van der Waals surface area contributed by atoms with E-state index in [1.165, 1.54) is 0 Å². The van der Waals surface area contributed by atoms with Gasteiger partial charge in [0.2, 0.25) is 11.8 Å². The molecule has 122 valence electrons. The number of amides is 1. The van der Waals surface area contributed by atoms with Crippen LogP contribution >= 0.6 is 0 Å². The molecule has 1 fully saturated rings. The van der Waals surface area contributed by atoms with Gasteiger partial charge in [0.05, 0.1) is 5.69 Å². The number of nitrogens with two attached hydrogens (primary N) is 1. The Morgan fingerprint density at radius 1 is 1.39 bits per heavy atom. The summed E-state index contributed by atoms with van der Waals surface area (Å²) in [5.74, 6) is 1.29. The molecule has 3 N–H and O–H groups in total. The first-order chi connectivity index (χ1) is 11.2. The number of nitrogens with zero attached hydrogens (tertiary/aromatic N) is 1. The number of carbonyl (C=O) groups is 1. The van der Waals surface area contributed by atoms with E-state index in [2.05, 4.69) is 10.3 Å². The average molecular weight is 315 g/mol. The van der Waals surface area contributed by atoms with Crippen LogP contribution in [0.3, 0.4) is 0 Å². The maximum atomic E-state index is 12.3. The first kappa shape index (κ1) is 15.7. The molecular weight excluding hydrogens is 294 g/mol. The van der Waals surface area contributed by atoms with Crippen molar-refractivity contribution < 1.29 is 13.9 Å². The van der Waals surface area contributed by atoms with E-state index in [1.807, 2.05) is 31.2 Å². The minimum Gasteiger partial charge on any atom is -0.441 e. The lowest BCUT2D eigenvalue weighted by Gasteiger charge is -2.21. The summed E-state index contributed by atoms with van der Waals surface area (Å²) in [5, 5.41) is 2.97. The van der Waals surface area contributed by atoms with Gasteiger partial charge in [-0.2, -0.15) is 0 Å². The third-order valence-electron chi connectivity index (χ3n) is 4.06. The molecule has 1 aliphatic rings. The highest BCUT2D eigenvalue weighted by atomic mass is 16.5. The lowest BCUT2D eigenvalue weighted by molar-refractivity contribution is -0.122. The molecular formula is C17H21N3O3. The molecule has 0 radical (unpaired) electrons. The second-order valence-corrected chi connectivity index (χ2v) is 5.68. The van der Waals surface area contributed by atoms with Gasteiger partial charge in [-0.05, 0) is 38.0 Å². The van der Waals surface area contributed by atoms with E-state index in [0.717, 1.165) is 35.5 Å². The fraction of sp³-hybridized carbons (Fsp3) is 0.412. The quantitative estimate of drug-likeness (QED) is 0.904. The Balaban J connectivity index is 1.75. The number of ether oxygens (including phenoxy) is 1. The third-order valence-corrected chi connectivity index (χ3v) is 4.06. The van der Waals surface area contributed by atoms with Gasteiger partial charge in [-0.15, -0.1) is 0 Å². The van der Waals surface area contributed by atoms with Gasteiger partial charge in [0, 0.05) is 36.9 Å². The molecule has 3 rings (SSSR count). The van der Waals surface area contributed by atoms with Gasteiger partial charge < -0.3 is 20.2 Å². The van der Waals surface area contributed by atoms with Crippen LogP contribution < -0.4 is 11.1 Å². The molecule has 6 heteroatoms. The second-order valence-electron chi connectivity index (χ2n) is 5.68. The summed E-state index contributed by atoms with van der Waals surface area (Å²) >= 11 is 0. The Hall–Kier alpha value is -2.18. The molecule has 0 saturated carbocycles. The van der Waals surface area contributed by atoms with Gasteiger partial charge in [0.1, 0.15) is 5.76 Å². The van der Waals surface area contributed by atoms with Crippen molar-refractivity contribution in [1.82, 2.24) is 4.98 Å². The van der Waals surface area contributed by atoms with Crippen LogP contribution in [0.15, 0.2) is 28.7 Å². The predicted octanol–water partition coefficient (Wildman–Crippen LogP) is 2.47. The summed E-state index contributed by atoms with van der Waals surface area (Å²) in [6.07, 6.45) is 1.54. The molecule has 1 saturated heterocycles. The number of aryl methyl sites for hydroxylation is 1. The normalized spacial score (nSPS) is 15.6. The van der Waals surface area contributed by atoms with Crippen LogP contribution in [0, 0.1) is 12.8 Å². The molecule has 0 atom stereocenters. The van der Waals surface area contributed by atoms with Crippen molar-refractivity contribution in [2.45, 2.75) is 26.3 Å². The van der Waals surface area contributed by atoms with E-state index in [-0.39, 0.29) is 11.8 Å². The SMILES string of the molecule is Cc1oc(-c2cccc(NC(=O)C3CCOCC3)c2)nc1CN. The number of hydrogen-bond acceptors (Lipinski definition) is 5. The van der Waals surface area contributed by atoms with E-state index < -0.39 is 0 Å². The van der Waals surface area contributed by atoms with Gasteiger partial charge in [-0.25, -0.2) is 4.98 Å². The van der Waals surface area contributed by atoms with Crippen molar-refractivity contribution in [1.29, 1.82) is 0 Å². The minimum absolute atomic E-state index is 0.0141. The number of anilines is 1. The van der Waals surface area contributed by atoms with Gasteiger partial charge >= 0.3 is 0 Å². The molecule has 6 nitrogen and oxygen atoms in total. The molecule has 0 bridgehead atoms. The number of benzene rings is 1. The Bertz CT molecular complexity index is 690. The summed E-state index contributed by atoms with van der Waals surface area (Å²) in [5.41, 5.74) is 7.93. The fourth-order valence-electron chi connectivity index (χ4n) is 2.67. The van der Waals surface area contributed by atoms with Crippen LogP contribution in [-0.4, -0.2) is 24.1 Å². The number of hydrogen-bond donors (Lipinski definition) is 2. The standard InChI is InChI=1S/C17H21N3O3/c1-11-15(10-18)20-17(23-11)13-3-2-4-14(9-13)19-16(21)12-5-7-22-8-6-12/h2-4,9,12H,5-8,10,18H2,1H3,(H,19,21). The van der Waals surface area contributed by atoms with Crippen molar-refractivity contribution in [3.63, 3.8) is 0 Å². The molecule has 1 aromatic heterocycles. The van der Waals surface area contributed by atoms with E-state index in [0.29, 0.717) is 25.6 Å². The first-order valence-electron chi connectivity index (χ1n) is 7.83. The number of oxazole rings is 1. The lowest BCUT2D eigenvalue weighted by atomic mass is 9.99. The summed E-state index contributed by atoms with van der Waals surface area (Å²) in [6.45, 7) is 3.48. The Morgan fingerprint density at radius 3 is 2.87 bits per heavy atom. The Labute approximate surface area is 135 Å². The highest BCUT2D eigenvalue weighted by Crippen LogP contribution is 2.25.